The lowest BCUT2D eigenvalue weighted by molar-refractivity contribution is 0.770. The van der Waals surface area contributed by atoms with Gasteiger partial charge in [0.05, 0.1) is 0 Å². The molecule has 0 aliphatic carbocycles. The summed E-state index contributed by atoms with van der Waals surface area (Å²) in [5, 5.41) is 0.518. The Balaban J connectivity index is 2.57. The van der Waals surface area contributed by atoms with Gasteiger partial charge in [-0.3, -0.25) is 4.90 Å². The number of fused-ring (bicyclic) bond motifs is 1. The third kappa shape index (κ3) is 2.04. The zero-order chi connectivity index (χ0) is 11.0. The average molecular weight is 334 g/mol. The van der Waals surface area contributed by atoms with Gasteiger partial charge < -0.3 is 0 Å². The Bertz CT molecular complexity index is 462. The predicted octanol–water partition coefficient (Wildman–Crippen LogP) is 2.47. The van der Waals surface area contributed by atoms with Gasteiger partial charge in [0.25, 0.3) is 0 Å². The Morgan fingerprint density at radius 1 is 1.47 bits per heavy atom. The summed E-state index contributed by atoms with van der Waals surface area (Å²) < 4.78 is 0.658. The Labute approximate surface area is 107 Å². The van der Waals surface area contributed by atoms with Gasteiger partial charge >= 0.3 is 0 Å². The Hall–Kier alpha value is -0.540. The third-order valence-corrected chi connectivity index (χ3v) is 2.91. The number of nitrogens with zero attached hydrogens (tertiary/aromatic N) is 3. The van der Waals surface area contributed by atoms with Crippen LogP contribution in [0.25, 0.3) is 0 Å². The molecule has 2 rings (SSSR count). The quantitative estimate of drug-likeness (QED) is 0.342. The average Bonchev–Trinajstić information content (AvgIpc) is 2.16. The van der Waals surface area contributed by atoms with Crippen molar-refractivity contribution in [2.24, 2.45) is 0 Å². The molecule has 0 atom stereocenters. The summed E-state index contributed by atoms with van der Waals surface area (Å²) in [5.41, 5.74) is 0.935. The molecule has 15 heavy (non-hydrogen) atoms. The van der Waals surface area contributed by atoms with Crippen LogP contribution in [0.4, 0.5) is 5.82 Å². The number of aromatic nitrogens is 2. The molecule has 0 unspecified atom stereocenters. The van der Waals surface area contributed by atoms with Crippen LogP contribution in [-0.2, 0) is 6.42 Å². The van der Waals surface area contributed by atoms with Crippen LogP contribution >= 0.6 is 34.2 Å². The lowest BCUT2D eigenvalue weighted by Crippen LogP contribution is -2.29. The van der Waals surface area contributed by atoms with Crippen LogP contribution in [0.5, 0.6) is 0 Å². The second-order valence-electron chi connectivity index (χ2n) is 3.51. The first-order valence-electron chi connectivity index (χ1n) is 4.59. The van der Waals surface area contributed by atoms with Gasteiger partial charge in [-0.15, -0.1) is 0 Å². The Kier molecular flexibility index (Phi) is 3.03. The van der Waals surface area contributed by atoms with Crippen LogP contribution in [0.15, 0.2) is 0 Å². The number of rotatable bonds is 1. The molecule has 0 saturated heterocycles. The molecule has 1 aliphatic heterocycles. The molecule has 0 N–H and O–H groups in total. The van der Waals surface area contributed by atoms with Gasteiger partial charge in [0.1, 0.15) is 5.15 Å². The lowest BCUT2D eigenvalue weighted by Gasteiger charge is -2.25. The Morgan fingerprint density at radius 3 is 2.87 bits per heavy atom. The van der Waals surface area contributed by atoms with Crippen molar-refractivity contribution in [3.05, 3.63) is 14.5 Å². The summed E-state index contributed by atoms with van der Waals surface area (Å²) in [6.45, 7) is 4.15. The van der Waals surface area contributed by atoms with Crippen molar-refractivity contribution in [1.29, 1.82) is 0 Å². The van der Waals surface area contributed by atoms with E-state index in [2.05, 4.69) is 58.4 Å². The zero-order valence-electron chi connectivity index (χ0n) is 8.38. The molecule has 78 valence electrons. The van der Waals surface area contributed by atoms with Crippen molar-refractivity contribution in [2.45, 2.75) is 26.3 Å². The highest BCUT2D eigenvalue weighted by atomic mass is 127. The van der Waals surface area contributed by atoms with E-state index in [0.29, 0.717) is 21.4 Å². The third-order valence-electron chi connectivity index (χ3n) is 2.12. The van der Waals surface area contributed by atoms with Crippen LogP contribution in [0.2, 0.25) is 5.15 Å². The zero-order valence-corrected chi connectivity index (χ0v) is 11.3. The fraction of sp³-hybridized carbons (Fsp3) is 0.400. The lowest BCUT2D eigenvalue weighted by atomic mass is 10.1. The van der Waals surface area contributed by atoms with E-state index in [0.717, 1.165) is 11.4 Å². The highest BCUT2D eigenvalue weighted by molar-refractivity contribution is 14.1. The van der Waals surface area contributed by atoms with E-state index in [-0.39, 0.29) is 0 Å². The van der Waals surface area contributed by atoms with E-state index in [1.165, 1.54) is 0 Å². The first-order chi connectivity index (χ1) is 7.09. The van der Waals surface area contributed by atoms with Crippen LogP contribution < -0.4 is 4.90 Å². The molecule has 5 heteroatoms. The summed E-state index contributed by atoms with van der Waals surface area (Å²) in [6, 6.07) is 3.35. The molecule has 0 saturated carbocycles. The van der Waals surface area contributed by atoms with Gasteiger partial charge in [-0.2, -0.15) is 0 Å². The summed E-state index contributed by atoms with van der Waals surface area (Å²) in [7, 11) is 0. The Morgan fingerprint density at radius 2 is 2.20 bits per heavy atom. The SMILES string of the molecule is CC(C)N1C#CCc2c(Cl)nc(I)nc21. The van der Waals surface area contributed by atoms with Crippen LogP contribution in [0.1, 0.15) is 19.4 Å². The fourth-order valence-electron chi connectivity index (χ4n) is 1.41. The number of hydrogen-bond acceptors (Lipinski definition) is 3. The molecule has 0 fully saturated rings. The monoisotopic (exact) mass is 333 g/mol. The van der Waals surface area contributed by atoms with E-state index >= 15 is 0 Å². The first-order valence-corrected chi connectivity index (χ1v) is 6.05. The van der Waals surface area contributed by atoms with Crippen LogP contribution in [0.3, 0.4) is 0 Å². The van der Waals surface area contributed by atoms with Crippen molar-refractivity contribution in [2.75, 3.05) is 4.90 Å². The maximum Gasteiger partial charge on any atom is 0.194 e. The summed E-state index contributed by atoms with van der Waals surface area (Å²) in [5.74, 6) is 3.90. The largest absolute Gasteiger partial charge is 0.283 e. The van der Waals surface area contributed by atoms with Gasteiger partial charge in [0, 0.05) is 46.7 Å². The van der Waals surface area contributed by atoms with Crippen molar-refractivity contribution in [3.63, 3.8) is 0 Å². The molecule has 1 aromatic rings. The molecule has 0 aromatic carbocycles. The van der Waals surface area contributed by atoms with E-state index in [9.17, 15) is 0 Å². The number of halogens is 2. The van der Waals surface area contributed by atoms with Crippen molar-refractivity contribution in [3.8, 4) is 12.0 Å². The molecule has 2 heterocycles. The highest BCUT2D eigenvalue weighted by Gasteiger charge is 2.21. The summed E-state index contributed by atoms with van der Waals surface area (Å²) in [4.78, 5) is 10.5. The topological polar surface area (TPSA) is 29.0 Å². The minimum Gasteiger partial charge on any atom is -0.283 e. The second-order valence-corrected chi connectivity index (χ2v) is 4.84. The smallest absolute Gasteiger partial charge is 0.194 e. The van der Waals surface area contributed by atoms with Gasteiger partial charge in [-0.1, -0.05) is 17.5 Å². The van der Waals surface area contributed by atoms with Crippen molar-refractivity contribution < 1.29 is 0 Å². The minimum absolute atomic E-state index is 0.290. The predicted molar refractivity (Wildman–Crippen MR) is 68.9 cm³/mol. The van der Waals surface area contributed by atoms with Gasteiger partial charge in [0.2, 0.25) is 0 Å². The molecular formula is C10H9ClIN3. The molecule has 3 nitrogen and oxygen atoms in total. The van der Waals surface area contributed by atoms with Gasteiger partial charge in [-0.05, 0) is 13.8 Å². The summed E-state index contributed by atoms with van der Waals surface area (Å²) >= 11 is 8.13. The van der Waals surface area contributed by atoms with Crippen molar-refractivity contribution in [1.82, 2.24) is 9.97 Å². The summed E-state index contributed by atoms with van der Waals surface area (Å²) in [6.07, 6.45) is 0.633. The second kappa shape index (κ2) is 4.14. The minimum atomic E-state index is 0.290. The molecule has 0 amide bonds. The fourth-order valence-corrected chi connectivity index (χ4v) is 2.26. The van der Waals surface area contributed by atoms with Gasteiger partial charge in [-0.25, -0.2) is 9.97 Å². The number of hydrogen-bond donors (Lipinski definition) is 0. The van der Waals surface area contributed by atoms with E-state index < -0.39 is 0 Å². The molecule has 0 bridgehead atoms. The standard InChI is InChI=1S/C10H9ClIN3/c1-6(2)15-5-3-4-7-8(11)13-10(12)14-9(7)15/h6H,4H2,1-2H3. The van der Waals surface area contributed by atoms with Crippen LogP contribution in [-0.4, -0.2) is 16.0 Å². The normalized spacial score (nSPS) is 13.5. The van der Waals surface area contributed by atoms with Crippen molar-refractivity contribution >= 4 is 40.0 Å². The first kappa shape index (κ1) is 11.0. The van der Waals surface area contributed by atoms with E-state index in [4.69, 9.17) is 11.6 Å². The van der Waals surface area contributed by atoms with E-state index in [1.807, 2.05) is 4.90 Å². The maximum absolute atomic E-state index is 6.07. The highest BCUT2D eigenvalue weighted by Crippen LogP contribution is 2.28. The molecule has 1 aliphatic rings. The molecule has 0 radical (unpaired) electrons. The number of anilines is 1. The van der Waals surface area contributed by atoms with Crippen LogP contribution in [0, 0.1) is 15.8 Å². The van der Waals surface area contributed by atoms with E-state index in [1.54, 1.807) is 0 Å². The van der Waals surface area contributed by atoms with Gasteiger partial charge in [0.15, 0.2) is 9.65 Å². The molecular weight excluding hydrogens is 324 g/mol. The maximum atomic E-state index is 6.07. The molecule has 1 aromatic heterocycles. The molecule has 0 spiro atoms.